The molecule has 16 heavy (non-hydrogen) atoms. The van der Waals surface area contributed by atoms with E-state index in [-0.39, 0.29) is 0 Å². The lowest BCUT2D eigenvalue weighted by atomic mass is 10.1. The third kappa shape index (κ3) is 4.00. The first-order valence-corrected chi connectivity index (χ1v) is 7.33. The second kappa shape index (κ2) is 7.20. The highest BCUT2D eigenvalue weighted by atomic mass is 79.9. The molecule has 2 nitrogen and oxygen atoms in total. The van der Waals surface area contributed by atoms with Crippen LogP contribution < -0.4 is 10.5 Å². The van der Waals surface area contributed by atoms with Gasteiger partial charge in [0.05, 0.1) is 6.61 Å². The van der Waals surface area contributed by atoms with E-state index in [0.29, 0.717) is 6.54 Å². The topological polar surface area (TPSA) is 35.2 Å². The van der Waals surface area contributed by atoms with E-state index in [9.17, 15) is 0 Å². The van der Waals surface area contributed by atoms with E-state index in [2.05, 4.69) is 28.9 Å². The fourth-order valence-corrected chi connectivity index (χ4v) is 2.61. The van der Waals surface area contributed by atoms with Gasteiger partial charge in [0.15, 0.2) is 0 Å². The van der Waals surface area contributed by atoms with Crippen molar-refractivity contribution < 1.29 is 4.74 Å². The molecule has 0 saturated carbocycles. The van der Waals surface area contributed by atoms with E-state index < -0.39 is 0 Å². The van der Waals surface area contributed by atoms with E-state index in [1.54, 1.807) is 0 Å². The standard InChI is InChI=1S/C12H18BrNOS/c1-3-16-5-4-15-12-9(2)6-11(13)7-10(12)8-14/h6-7H,3-5,8,14H2,1-2H3. The second-order valence-electron chi connectivity index (χ2n) is 3.46. The Hall–Kier alpha value is -0.190. The third-order valence-electron chi connectivity index (χ3n) is 2.21. The Bertz CT molecular complexity index is 344. The number of thioether (sulfide) groups is 1. The predicted molar refractivity (Wildman–Crippen MR) is 75.3 cm³/mol. The average molecular weight is 304 g/mol. The van der Waals surface area contributed by atoms with Gasteiger partial charge >= 0.3 is 0 Å². The molecular formula is C12H18BrNOS. The fourth-order valence-electron chi connectivity index (χ4n) is 1.50. The van der Waals surface area contributed by atoms with Crippen molar-refractivity contribution in [1.82, 2.24) is 0 Å². The molecule has 0 amide bonds. The highest BCUT2D eigenvalue weighted by Gasteiger charge is 2.07. The second-order valence-corrected chi connectivity index (χ2v) is 5.77. The summed E-state index contributed by atoms with van der Waals surface area (Å²) in [4.78, 5) is 0. The Balaban J connectivity index is 2.70. The zero-order valence-corrected chi connectivity index (χ0v) is 12.2. The molecule has 2 N–H and O–H groups in total. The van der Waals surface area contributed by atoms with Crippen LogP contribution in [0.4, 0.5) is 0 Å². The lowest BCUT2D eigenvalue weighted by Crippen LogP contribution is -2.07. The minimum Gasteiger partial charge on any atom is -0.492 e. The van der Waals surface area contributed by atoms with Crippen LogP contribution in [0.5, 0.6) is 5.75 Å². The van der Waals surface area contributed by atoms with Crippen molar-refractivity contribution in [2.24, 2.45) is 5.73 Å². The molecule has 0 spiro atoms. The van der Waals surface area contributed by atoms with Crippen LogP contribution in [0, 0.1) is 6.92 Å². The SMILES string of the molecule is CCSCCOc1c(C)cc(Br)cc1CN. The van der Waals surface area contributed by atoms with Crippen LogP contribution in [0.2, 0.25) is 0 Å². The number of rotatable bonds is 6. The van der Waals surface area contributed by atoms with Crippen molar-refractivity contribution in [3.8, 4) is 5.75 Å². The summed E-state index contributed by atoms with van der Waals surface area (Å²) in [5, 5.41) is 0. The Morgan fingerprint density at radius 2 is 2.19 bits per heavy atom. The first kappa shape index (κ1) is 13.9. The van der Waals surface area contributed by atoms with Crippen molar-refractivity contribution in [2.45, 2.75) is 20.4 Å². The van der Waals surface area contributed by atoms with Crippen molar-refractivity contribution in [3.05, 3.63) is 27.7 Å². The summed E-state index contributed by atoms with van der Waals surface area (Å²) >= 11 is 5.35. The molecule has 0 aromatic heterocycles. The van der Waals surface area contributed by atoms with Crippen LogP contribution in [0.1, 0.15) is 18.1 Å². The highest BCUT2D eigenvalue weighted by molar-refractivity contribution is 9.10. The number of ether oxygens (including phenoxy) is 1. The Labute approximate surface area is 110 Å². The van der Waals surface area contributed by atoms with Crippen molar-refractivity contribution in [2.75, 3.05) is 18.1 Å². The van der Waals surface area contributed by atoms with E-state index in [0.717, 1.165) is 39.5 Å². The zero-order chi connectivity index (χ0) is 12.0. The Kier molecular flexibility index (Phi) is 6.24. The normalized spacial score (nSPS) is 10.5. The van der Waals surface area contributed by atoms with Gasteiger partial charge < -0.3 is 10.5 Å². The van der Waals surface area contributed by atoms with Crippen LogP contribution in [-0.4, -0.2) is 18.1 Å². The number of halogens is 1. The summed E-state index contributed by atoms with van der Waals surface area (Å²) < 4.78 is 6.85. The van der Waals surface area contributed by atoms with Gasteiger partial charge in [-0.15, -0.1) is 0 Å². The van der Waals surface area contributed by atoms with E-state index in [1.165, 1.54) is 0 Å². The number of aryl methyl sites for hydroxylation is 1. The van der Waals surface area contributed by atoms with Gasteiger partial charge in [0.25, 0.3) is 0 Å². The summed E-state index contributed by atoms with van der Waals surface area (Å²) in [5.74, 6) is 3.10. The van der Waals surface area contributed by atoms with Crippen LogP contribution >= 0.6 is 27.7 Å². The molecular weight excluding hydrogens is 286 g/mol. The zero-order valence-electron chi connectivity index (χ0n) is 9.75. The molecule has 0 aliphatic carbocycles. The van der Waals surface area contributed by atoms with Gasteiger partial charge in [-0.3, -0.25) is 0 Å². The van der Waals surface area contributed by atoms with E-state index >= 15 is 0 Å². The van der Waals surface area contributed by atoms with Gasteiger partial charge in [-0.2, -0.15) is 11.8 Å². The molecule has 1 aromatic rings. The van der Waals surface area contributed by atoms with E-state index in [1.807, 2.05) is 24.8 Å². The van der Waals surface area contributed by atoms with Crippen LogP contribution in [0.3, 0.4) is 0 Å². The first-order valence-electron chi connectivity index (χ1n) is 5.38. The molecule has 4 heteroatoms. The number of hydrogen-bond donors (Lipinski definition) is 1. The maximum atomic E-state index is 5.79. The maximum absolute atomic E-state index is 5.79. The van der Waals surface area contributed by atoms with Crippen LogP contribution in [0.25, 0.3) is 0 Å². The van der Waals surface area contributed by atoms with Crippen molar-refractivity contribution in [1.29, 1.82) is 0 Å². The lowest BCUT2D eigenvalue weighted by molar-refractivity contribution is 0.338. The first-order chi connectivity index (χ1) is 7.69. The molecule has 0 fully saturated rings. The summed E-state index contributed by atoms with van der Waals surface area (Å²) in [5.41, 5.74) is 7.91. The van der Waals surface area contributed by atoms with Crippen molar-refractivity contribution >= 4 is 27.7 Å². The van der Waals surface area contributed by atoms with Gasteiger partial charge in [-0.1, -0.05) is 22.9 Å². The molecule has 1 aromatic carbocycles. The maximum Gasteiger partial charge on any atom is 0.126 e. The largest absolute Gasteiger partial charge is 0.492 e. The molecule has 90 valence electrons. The Morgan fingerprint density at radius 3 is 2.81 bits per heavy atom. The van der Waals surface area contributed by atoms with Crippen LogP contribution in [-0.2, 0) is 6.54 Å². The van der Waals surface area contributed by atoms with Gasteiger partial charge in [0.2, 0.25) is 0 Å². The average Bonchev–Trinajstić information content (AvgIpc) is 2.26. The van der Waals surface area contributed by atoms with Gasteiger partial charge in [-0.05, 0) is 30.4 Å². The molecule has 0 unspecified atom stereocenters. The van der Waals surface area contributed by atoms with Crippen LogP contribution in [0.15, 0.2) is 16.6 Å². The molecule has 0 heterocycles. The minimum atomic E-state index is 0.510. The molecule has 0 aliphatic heterocycles. The number of benzene rings is 1. The fraction of sp³-hybridized carbons (Fsp3) is 0.500. The highest BCUT2D eigenvalue weighted by Crippen LogP contribution is 2.27. The molecule has 0 atom stereocenters. The summed E-state index contributed by atoms with van der Waals surface area (Å²) in [6.45, 7) is 5.46. The summed E-state index contributed by atoms with van der Waals surface area (Å²) in [7, 11) is 0. The Morgan fingerprint density at radius 1 is 1.44 bits per heavy atom. The van der Waals surface area contributed by atoms with Gasteiger partial charge in [0.1, 0.15) is 5.75 Å². The van der Waals surface area contributed by atoms with Crippen molar-refractivity contribution in [3.63, 3.8) is 0 Å². The van der Waals surface area contributed by atoms with Gasteiger partial charge in [0, 0.05) is 22.3 Å². The smallest absolute Gasteiger partial charge is 0.126 e. The molecule has 0 saturated heterocycles. The predicted octanol–water partition coefficient (Wildman–Crippen LogP) is 3.35. The molecule has 0 bridgehead atoms. The molecule has 0 aliphatic rings. The minimum absolute atomic E-state index is 0.510. The van der Waals surface area contributed by atoms with E-state index in [4.69, 9.17) is 10.5 Å². The quantitative estimate of drug-likeness (QED) is 0.819. The number of nitrogens with two attached hydrogens (primary N) is 1. The monoisotopic (exact) mass is 303 g/mol. The number of hydrogen-bond acceptors (Lipinski definition) is 3. The lowest BCUT2D eigenvalue weighted by Gasteiger charge is -2.13. The summed E-state index contributed by atoms with van der Waals surface area (Å²) in [6.07, 6.45) is 0. The molecule has 0 radical (unpaired) electrons. The third-order valence-corrected chi connectivity index (χ3v) is 3.54. The summed E-state index contributed by atoms with van der Waals surface area (Å²) in [6, 6.07) is 4.08. The van der Waals surface area contributed by atoms with Gasteiger partial charge in [-0.25, -0.2) is 0 Å². The molecule has 1 rings (SSSR count).